The number of hydrogen-bond acceptors (Lipinski definition) is 2. The zero-order valence-corrected chi connectivity index (χ0v) is 14.5. The van der Waals surface area contributed by atoms with Crippen molar-refractivity contribution in [2.24, 2.45) is 0 Å². The lowest BCUT2D eigenvalue weighted by Gasteiger charge is -2.32. The van der Waals surface area contributed by atoms with E-state index in [1.807, 2.05) is 6.07 Å². The minimum absolute atomic E-state index is 0.136. The molecule has 0 saturated carbocycles. The molecule has 1 aliphatic rings. The van der Waals surface area contributed by atoms with Gasteiger partial charge in [-0.2, -0.15) is 0 Å². The van der Waals surface area contributed by atoms with E-state index in [1.165, 1.54) is 17.7 Å². The molecule has 1 fully saturated rings. The van der Waals surface area contributed by atoms with Crippen LogP contribution in [0.15, 0.2) is 54.7 Å². The number of carbonyl (C=O) groups is 1. The zero-order chi connectivity index (χ0) is 17.9. The van der Waals surface area contributed by atoms with Gasteiger partial charge in [0, 0.05) is 42.8 Å². The quantitative estimate of drug-likeness (QED) is 0.753. The normalized spacial score (nSPS) is 16.0. The van der Waals surface area contributed by atoms with Crippen molar-refractivity contribution in [1.82, 2.24) is 15.2 Å². The molecule has 3 aromatic rings. The first-order valence-corrected chi connectivity index (χ1v) is 9.03. The average Bonchev–Trinajstić information content (AvgIpc) is 3.07. The number of aromatic amines is 1. The Bertz CT molecular complexity index is 898. The van der Waals surface area contributed by atoms with Gasteiger partial charge < -0.3 is 10.3 Å². The third-order valence-corrected chi connectivity index (χ3v) is 5.06. The van der Waals surface area contributed by atoms with Crippen LogP contribution in [0.25, 0.3) is 10.9 Å². The fraction of sp³-hybridized carbons (Fsp3) is 0.286. The molecule has 2 N–H and O–H groups in total. The summed E-state index contributed by atoms with van der Waals surface area (Å²) in [5.74, 6) is -0.469. The largest absolute Gasteiger partial charge is 0.360 e. The number of hydrogen-bond donors (Lipinski definition) is 2. The third-order valence-electron chi connectivity index (χ3n) is 5.06. The SMILES string of the molecule is O=C(NC1CCN(Cc2ccccc2)CC1)c1c[nH]c2ccc(F)cc12. The number of piperidine rings is 1. The summed E-state index contributed by atoms with van der Waals surface area (Å²) in [4.78, 5) is 18.1. The number of fused-ring (bicyclic) bond motifs is 1. The third kappa shape index (κ3) is 3.63. The maximum absolute atomic E-state index is 13.5. The van der Waals surface area contributed by atoms with Gasteiger partial charge in [0.2, 0.25) is 0 Å². The van der Waals surface area contributed by atoms with Gasteiger partial charge in [-0.1, -0.05) is 30.3 Å². The Kier molecular flexibility index (Phi) is 4.71. The van der Waals surface area contributed by atoms with Gasteiger partial charge >= 0.3 is 0 Å². The number of nitrogens with zero attached hydrogens (tertiary/aromatic N) is 1. The van der Waals surface area contributed by atoms with Crippen molar-refractivity contribution in [2.75, 3.05) is 13.1 Å². The van der Waals surface area contributed by atoms with Crippen LogP contribution in [0.4, 0.5) is 4.39 Å². The first-order chi connectivity index (χ1) is 12.7. The number of amides is 1. The van der Waals surface area contributed by atoms with E-state index in [9.17, 15) is 9.18 Å². The van der Waals surface area contributed by atoms with E-state index in [2.05, 4.69) is 39.5 Å². The monoisotopic (exact) mass is 351 g/mol. The van der Waals surface area contributed by atoms with Crippen molar-refractivity contribution in [3.63, 3.8) is 0 Å². The summed E-state index contributed by atoms with van der Waals surface area (Å²) in [6.07, 6.45) is 3.51. The van der Waals surface area contributed by atoms with Crippen LogP contribution in [0.5, 0.6) is 0 Å². The second kappa shape index (κ2) is 7.30. The summed E-state index contributed by atoms with van der Waals surface area (Å²) in [7, 11) is 0. The van der Waals surface area contributed by atoms with E-state index < -0.39 is 0 Å². The molecule has 2 heterocycles. The Morgan fingerprint density at radius 1 is 1.15 bits per heavy atom. The van der Waals surface area contributed by atoms with E-state index >= 15 is 0 Å². The summed E-state index contributed by atoms with van der Waals surface area (Å²) in [5, 5.41) is 3.74. The molecule has 0 radical (unpaired) electrons. The molecule has 0 aliphatic carbocycles. The number of likely N-dealkylation sites (tertiary alicyclic amines) is 1. The highest BCUT2D eigenvalue weighted by atomic mass is 19.1. The molecule has 2 aromatic carbocycles. The van der Waals surface area contributed by atoms with Crippen molar-refractivity contribution >= 4 is 16.8 Å². The minimum atomic E-state index is -0.333. The minimum Gasteiger partial charge on any atom is -0.360 e. The molecular weight excluding hydrogens is 329 g/mol. The topological polar surface area (TPSA) is 48.1 Å². The summed E-state index contributed by atoms with van der Waals surface area (Å²) in [6, 6.07) is 15.1. The average molecular weight is 351 g/mol. The molecule has 134 valence electrons. The fourth-order valence-electron chi connectivity index (χ4n) is 3.62. The molecule has 0 spiro atoms. The van der Waals surface area contributed by atoms with Crippen molar-refractivity contribution < 1.29 is 9.18 Å². The van der Waals surface area contributed by atoms with Crippen LogP contribution < -0.4 is 5.32 Å². The molecule has 0 unspecified atom stereocenters. The number of aromatic nitrogens is 1. The summed E-state index contributed by atoms with van der Waals surface area (Å²) >= 11 is 0. The second-order valence-electron chi connectivity index (χ2n) is 6.90. The molecule has 4 nitrogen and oxygen atoms in total. The molecule has 1 saturated heterocycles. The van der Waals surface area contributed by atoms with Gasteiger partial charge in [0.15, 0.2) is 0 Å². The molecule has 1 amide bonds. The molecule has 4 rings (SSSR count). The van der Waals surface area contributed by atoms with E-state index in [0.29, 0.717) is 10.9 Å². The van der Waals surface area contributed by atoms with Crippen molar-refractivity contribution in [3.8, 4) is 0 Å². The van der Waals surface area contributed by atoms with Gasteiger partial charge in [-0.15, -0.1) is 0 Å². The molecule has 26 heavy (non-hydrogen) atoms. The Hall–Kier alpha value is -2.66. The molecular formula is C21H22FN3O. The predicted octanol–water partition coefficient (Wildman–Crippen LogP) is 3.70. The predicted molar refractivity (Wildman–Crippen MR) is 100 cm³/mol. The van der Waals surface area contributed by atoms with Crippen molar-refractivity contribution in [2.45, 2.75) is 25.4 Å². The number of nitrogens with one attached hydrogen (secondary N) is 2. The summed E-state index contributed by atoms with van der Waals surface area (Å²) in [5.41, 5.74) is 2.59. The maximum atomic E-state index is 13.5. The lowest BCUT2D eigenvalue weighted by molar-refractivity contribution is 0.0910. The number of benzene rings is 2. The van der Waals surface area contributed by atoms with E-state index in [1.54, 1.807) is 12.3 Å². The van der Waals surface area contributed by atoms with Gasteiger partial charge in [-0.05, 0) is 36.6 Å². The van der Waals surface area contributed by atoms with Crippen molar-refractivity contribution in [1.29, 1.82) is 0 Å². The standard InChI is InChI=1S/C21H22FN3O/c22-16-6-7-20-18(12-16)19(13-23-20)21(26)24-17-8-10-25(11-9-17)14-15-4-2-1-3-5-15/h1-7,12-13,17,23H,8-11,14H2,(H,24,26). The van der Waals surface area contributed by atoms with Crippen LogP contribution in [-0.2, 0) is 6.54 Å². The highest BCUT2D eigenvalue weighted by Crippen LogP contribution is 2.20. The molecule has 1 aliphatic heterocycles. The second-order valence-corrected chi connectivity index (χ2v) is 6.90. The highest BCUT2D eigenvalue weighted by molar-refractivity contribution is 6.06. The zero-order valence-electron chi connectivity index (χ0n) is 14.5. The lowest BCUT2D eigenvalue weighted by atomic mass is 10.0. The maximum Gasteiger partial charge on any atom is 0.253 e. The van der Waals surface area contributed by atoms with Crippen LogP contribution >= 0.6 is 0 Å². The Morgan fingerprint density at radius 2 is 1.92 bits per heavy atom. The first kappa shape index (κ1) is 16.8. The number of rotatable bonds is 4. The number of halogens is 1. The lowest BCUT2D eigenvalue weighted by Crippen LogP contribution is -2.44. The van der Waals surface area contributed by atoms with Gasteiger partial charge in [0.25, 0.3) is 5.91 Å². The van der Waals surface area contributed by atoms with E-state index in [-0.39, 0.29) is 17.8 Å². The summed E-state index contributed by atoms with van der Waals surface area (Å²) < 4.78 is 13.5. The Labute approximate surface area is 152 Å². The van der Waals surface area contributed by atoms with E-state index in [0.717, 1.165) is 38.0 Å². The number of H-pyrrole nitrogens is 1. The molecule has 0 atom stereocenters. The smallest absolute Gasteiger partial charge is 0.253 e. The highest BCUT2D eigenvalue weighted by Gasteiger charge is 2.22. The summed E-state index contributed by atoms with van der Waals surface area (Å²) in [6.45, 7) is 2.87. The molecule has 5 heteroatoms. The van der Waals surface area contributed by atoms with Gasteiger partial charge in [-0.3, -0.25) is 9.69 Å². The Morgan fingerprint density at radius 3 is 2.69 bits per heavy atom. The van der Waals surface area contributed by atoms with Crippen LogP contribution in [0.1, 0.15) is 28.8 Å². The molecule has 0 bridgehead atoms. The van der Waals surface area contributed by atoms with Crippen LogP contribution in [0.2, 0.25) is 0 Å². The first-order valence-electron chi connectivity index (χ1n) is 9.03. The van der Waals surface area contributed by atoms with Gasteiger partial charge in [-0.25, -0.2) is 4.39 Å². The van der Waals surface area contributed by atoms with Gasteiger partial charge in [0.05, 0.1) is 5.56 Å². The van der Waals surface area contributed by atoms with Crippen LogP contribution in [0, 0.1) is 5.82 Å². The van der Waals surface area contributed by atoms with Crippen molar-refractivity contribution in [3.05, 3.63) is 71.7 Å². The van der Waals surface area contributed by atoms with Crippen LogP contribution in [-0.4, -0.2) is 34.9 Å². The van der Waals surface area contributed by atoms with E-state index in [4.69, 9.17) is 0 Å². The van der Waals surface area contributed by atoms with Gasteiger partial charge in [0.1, 0.15) is 5.82 Å². The number of carbonyl (C=O) groups excluding carboxylic acids is 1. The van der Waals surface area contributed by atoms with Crippen LogP contribution in [0.3, 0.4) is 0 Å². The molecule has 1 aromatic heterocycles. The fourth-order valence-corrected chi connectivity index (χ4v) is 3.62. The Balaban J connectivity index is 1.35.